The van der Waals surface area contributed by atoms with Gasteiger partial charge in [0, 0.05) is 30.9 Å². The predicted octanol–water partition coefficient (Wildman–Crippen LogP) is 2.22. The molecular weight excluding hydrogens is 254 g/mol. The van der Waals surface area contributed by atoms with E-state index < -0.39 is 0 Å². The molecule has 0 radical (unpaired) electrons. The highest BCUT2D eigenvalue weighted by Crippen LogP contribution is 2.23. The molecule has 1 aliphatic heterocycles. The van der Waals surface area contributed by atoms with Crippen LogP contribution in [0.25, 0.3) is 0 Å². The van der Waals surface area contributed by atoms with Gasteiger partial charge in [-0.15, -0.1) is 0 Å². The second-order valence-corrected chi connectivity index (χ2v) is 5.14. The van der Waals surface area contributed by atoms with E-state index in [4.69, 9.17) is 4.52 Å². The molecule has 1 aromatic carbocycles. The molecule has 0 aliphatic carbocycles. The van der Waals surface area contributed by atoms with Crippen molar-refractivity contribution in [1.82, 2.24) is 10.1 Å². The van der Waals surface area contributed by atoms with E-state index in [-0.39, 0.29) is 5.91 Å². The fourth-order valence-corrected chi connectivity index (χ4v) is 2.45. The van der Waals surface area contributed by atoms with Crippen LogP contribution in [0.4, 0.5) is 5.69 Å². The molecule has 104 valence electrons. The van der Waals surface area contributed by atoms with Crippen LogP contribution in [0, 0.1) is 6.92 Å². The highest BCUT2D eigenvalue weighted by Gasteiger charge is 2.17. The number of amides is 1. The molecule has 1 amide bonds. The second-order valence-electron chi connectivity index (χ2n) is 5.14. The van der Waals surface area contributed by atoms with Crippen molar-refractivity contribution in [2.24, 2.45) is 0 Å². The number of rotatable bonds is 3. The van der Waals surface area contributed by atoms with Crippen LogP contribution < -0.4 is 5.32 Å². The summed E-state index contributed by atoms with van der Waals surface area (Å²) in [7, 11) is 1.77. The van der Waals surface area contributed by atoms with E-state index in [0.717, 1.165) is 30.1 Å². The topological polar surface area (TPSA) is 58.4 Å². The zero-order valence-corrected chi connectivity index (χ0v) is 11.6. The number of aromatic nitrogens is 1. The largest absolute Gasteiger partial charge is 0.384 e. The lowest BCUT2D eigenvalue weighted by molar-refractivity contribution is 0.0782. The summed E-state index contributed by atoms with van der Waals surface area (Å²) < 4.78 is 5.01. The van der Waals surface area contributed by atoms with Crippen molar-refractivity contribution < 1.29 is 9.32 Å². The Morgan fingerprint density at radius 2 is 2.30 bits per heavy atom. The van der Waals surface area contributed by atoms with Crippen molar-refractivity contribution in [3.63, 3.8) is 0 Å². The van der Waals surface area contributed by atoms with E-state index in [0.29, 0.717) is 12.1 Å². The van der Waals surface area contributed by atoms with Crippen LogP contribution in [0.5, 0.6) is 0 Å². The van der Waals surface area contributed by atoms with Gasteiger partial charge in [-0.2, -0.15) is 0 Å². The maximum Gasteiger partial charge on any atom is 0.254 e. The molecule has 0 spiro atoms. The van der Waals surface area contributed by atoms with Gasteiger partial charge in [0.2, 0.25) is 0 Å². The molecule has 0 bridgehead atoms. The van der Waals surface area contributed by atoms with Crippen molar-refractivity contribution in [3.05, 3.63) is 46.8 Å². The average molecular weight is 271 g/mol. The molecule has 0 saturated carbocycles. The van der Waals surface area contributed by atoms with E-state index in [2.05, 4.69) is 10.5 Å². The summed E-state index contributed by atoms with van der Waals surface area (Å²) in [5, 5.41) is 7.20. The fraction of sp³-hybridized carbons (Fsp3) is 0.333. The van der Waals surface area contributed by atoms with Crippen molar-refractivity contribution in [1.29, 1.82) is 0 Å². The lowest BCUT2D eigenvalue weighted by atomic mass is 10.1. The Balaban J connectivity index is 1.74. The van der Waals surface area contributed by atoms with Crippen LogP contribution in [0.2, 0.25) is 0 Å². The molecule has 2 heterocycles. The Morgan fingerprint density at radius 3 is 3.05 bits per heavy atom. The van der Waals surface area contributed by atoms with Gasteiger partial charge in [0.1, 0.15) is 11.5 Å². The maximum atomic E-state index is 12.4. The molecule has 5 nitrogen and oxygen atoms in total. The number of nitrogens with zero attached hydrogens (tertiary/aromatic N) is 2. The lowest BCUT2D eigenvalue weighted by Gasteiger charge is -2.16. The molecule has 0 atom stereocenters. The number of benzene rings is 1. The second kappa shape index (κ2) is 5.00. The molecule has 0 unspecified atom stereocenters. The molecule has 1 N–H and O–H groups in total. The van der Waals surface area contributed by atoms with Crippen LogP contribution >= 0.6 is 0 Å². The van der Waals surface area contributed by atoms with Gasteiger partial charge in [-0.25, -0.2) is 0 Å². The van der Waals surface area contributed by atoms with Crippen LogP contribution in [0.1, 0.15) is 27.4 Å². The summed E-state index contributed by atoms with van der Waals surface area (Å²) >= 11 is 0. The monoisotopic (exact) mass is 271 g/mol. The molecule has 2 aromatic rings. The van der Waals surface area contributed by atoms with Gasteiger partial charge < -0.3 is 14.7 Å². The third-order valence-corrected chi connectivity index (χ3v) is 3.49. The first-order valence-corrected chi connectivity index (χ1v) is 6.68. The number of hydrogen-bond acceptors (Lipinski definition) is 4. The third-order valence-electron chi connectivity index (χ3n) is 3.49. The van der Waals surface area contributed by atoms with Crippen molar-refractivity contribution in [2.45, 2.75) is 19.9 Å². The van der Waals surface area contributed by atoms with Crippen LogP contribution in [-0.2, 0) is 13.0 Å². The Labute approximate surface area is 117 Å². The highest BCUT2D eigenvalue weighted by atomic mass is 16.5. The summed E-state index contributed by atoms with van der Waals surface area (Å²) in [6, 6.07) is 7.68. The quantitative estimate of drug-likeness (QED) is 0.930. The van der Waals surface area contributed by atoms with Gasteiger partial charge in [0.05, 0.1) is 6.54 Å². The number of fused-ring (bicyclic) bond motifs is 1. The highest BCUT2D eigenvalue weighted by molar-refractivity contribution is 5.95. The Bertz CT molecular complexity index is 648. The van der Waals surface area contributed by atoms with Crippen molar-refractivity contribution >= 4 is 11.6 Å². The van der Waals surface area contributed by atoms with Crippen LogP contribution in [-0.4, -0.2) is 29.6 Å². The number of carbonyl (C=O) groups is 1. The lowest BCUT2D eigenvalue weighted by Crippen LogP contribution is -2.26. The number of anilines is 1. The van der Waals surface area contributed by atoms with E-state index in [1.807, 2.05) is 31.2 Å². The van der Waals surface area contributed by atoms with Gasteiger partial charge in [0.15, 0.2) is 0 Å². The smallest absolute Gasteiger partial charge is 0.254 e. The third kappa shape index (κ3) is 2.39. The Morgan fingerprint density at radius 1 is 1.45 bits per heavy atom. The van der Waals surface area contributed by atoms with Gasteiger partial charge in [-0.3, -0.25) is 4.79 Å². The van der Waals surface area contributed by atoms with E-state index in [1.54, 1.807) is 11.9 Å². The summed E-state index contributed by atoms with van der Waals surface area (Å²) in [4.78, 5) is 14.0. The Kier molecular flexibility index (Phi) is 3.18. The first-order chi connectivity index (χ1) is 9.63. The first-order valence-electron chi connectivity index (χ1n) is 6.68. The van der Waals surface area contributed by atoms with Crippen LogP contribution in [0.15, 0.2) is 28.8 Å². The van der Waals surface area contributed by atoms with Gasteiger partial charge in [0.25, 0.3) is 5.91 Å². The van der Waals surface area contributed by atoms with Crippen molar-refractivity contribution in [2.75, 3.05) is 18.9 Å². The van der Waals surface area contributed by atoms with E-state index in [1.165, 1.54) is 5.56 Å². The number of nitrogens with one attached hydrogen (secondary N) is 1. The number of carbonyl (C=O) groups excluding carboxylic acids is 1. The summed E-state index contributed by atoms with van der Waals surface area (Å²) in [6.07, 6.45) is 1.03. The number of hydrogen-bond donors (Lipinski definition) is 1. The van der Waals surface area contributed by atoms with Gasteiger partial charge >= 0.3 is 0 Å². The Hall–Kier alpha value is -2.30. The SMILES string of the molecule is Cc1cc(CN(C)C(=O)c2ccc3c(c2)NCC3)no1. The minimum absolute atomic E-state index is 0.0119. The summed E-state index contributed by atoms with van der Waals surface area (Å²) in [6.45, 7) is 3.23. The molecule has 0 fully saturated rings. The zero-order valence-electron chi connectivity index (χ0n) is 11.6. The van der Waals surface area contributed by atoms with E-state index >= 15 is 0 Å². The minimum Gasteiger partial charge on any atom is -0.384 e. The number of aryl methyl sites for hydroxylation is 1. The van der Waals surface area contributed by atoms with Crippen molar-refractivity contribution in [3.8, 4) is 0 Å². The minimum atomic E-state index is -0.0119. The summed E-state index contributed by atoms with van der Waals surface area (Å²) in [5.41, 5.74) is 3.80. The van der Waals surface area contributed by atoms with Crippen LogP contribution in [0.3, 0.4) is 0 Å². The van der Waals surface area contributed by atoms with E-state index in [9.17, 15) is 4.79 Å². The summed E-state index contributed by atoms with van der Waals surface area (Å²) in [5.74, 6) is 0.740. The van der Waals surface area contributed by atoms with Gasteiger partial charge in [-0.1, -0.05) is 11.2 Å². The maximum absolute atomic E-state index is 12.4. The van der Waals surface area contributed by atoms with Gasteiger partial charge in [-0.05, 0) is 31.0 Å². The normalized spacial score (nSPS) is 12.9. The predicted molar refractivity (Wildman–Crippen MR) is 75.7 cm³/mol. The molecule has 3 rings (SSSR count). The molecular formula is C15H17N3O2. The molecule has 20 heavy (non-hydrogen) atoms. The molecule has 1 aliphatic rings. The molecule has 0 saturated heterocycles. The average Bonchev–Trinajstić information content (AvgIpc) is 3.05. The standard InChI is InChI=1S/C15H17N3O2/c1-10-7-13(17-20-10)9-18(2)15(19)12-4-3-11-5-6-16-14(11)8-12/h3-4,7-8,16H,5-6,9H2,1-2H3. The first kappa shape index (κ1) is 12.7. The zero-order chi connectivity index (χ0) is 14.1. The fourth-order valence-electron chi connectivity index (χ4n) is 2.45. The molecule has 1 aromatic heterocycles. The molecule has 5 heteroatoms.